The molecule has 0 radical (unpaired) electrons. The molecule has 45 heavy (non-hydrogen) atoms. The molecule has 11 heteroatoms. The number of halogens is 3. The Morgan fingerprint density at radius 3 is 1.87 bits per heavy atom. The minimum Gasteiger partial charge on any atom is -0.396 e. The van der Waals surface area contributed by atoms with E-state index in [9.17, 15) is 27.1 Å². The van der Waals surface area contributed by atoms with Crippen molar-refractivity contribution in [3.8, 4) is 0 Å². The predicted molar refractivity (Wildman–Crippen MR) is 173 cm³/mol. The van der Waals surface area contributed by atoms with Crippen LogP contribution in [0.4, 0.5) is 8.78 Å². The summed E-state index contributed by atoms with van der Waals surface area (Å²) in [7, 11) is -3.30. The van der Waals surface area contributed by atoms with Gasteiger partial charge in [-0.05, 0) is 113 Å². The molecule has 0 bridgehead atoms. The fraction of sp³-hybridized carbons (Fsp3) is 0.618. The van der Waals surface area contributed by atoms with Crippen molar-refractivity contribution in [3.05, 3.63) is 65.2 Å². The average Bonchev–Trinajstić information content (AvgIpc) is 3.91. The zero-order valence-electron chi connectivity index (χ0n) is 26.1. The van der Waals surface area contributed by atoms with Crippen molar-refractivity contribution in [3.63, 3.8) is 0 Å². The van der Waals surface area contributed by atoms with Gasteiger partial charge in [-0.15, -0.1) is 0 Å². The number of carbonyl (C=O) groups is 1. The highest BCUT2D eigenvalue weighted by Gasteiger charge is 2.39. The molecule has 250 valence electrons. The second-order valence-electron chi connectivity index (χ2n) is 12.5. The SMILES string of the molecule is Fc1cccc(F)c1.O=C(C(CCO)C1CC1)N1CCC(N2CCCCC2)CC1.O=S(=O)(c1ccc(Cl)cc1)N1CCCCC1. The molecule has 4 fully saturated rings. The van der Waals surface area contributed by atoms with E-state index < -0.39 is 21.7 Å². The number of amides is 1. The molecule has 0 aromatic heterocycles. The molecule has 6 rings (SSSR count). The summed E-state index contributed by atoms with van der Waals surface area (Å²) in [4.78, 5) is 17.7. The van der Waals surface area contributed by atoms with Crippen LogP contribution >= 0.6 is 11.6 Å². The predicted octanol–water partition coefficient (Wildman–Crippen LogP) is 6.35. The van der Waals surface area contributed by atoms with Crippen LogP contribution in [0.5, 0.6) is 0 Å². The van der Waals surface area contributed by atoms with Crippen LogP contribution in [-0.4, -0.2) is 85.5 Å². The first-order chi connectivity index (χ1) is 21.7. The summed E-state index contributed by atoms with van der Waals surface area (Å²) < 4.78 is 49.8. The first kappa shape index (κ1) is 35.7. The van der Waals surface area contributed by atoms with Gasteiger partial charge in [0, 0.05) is 55.8 Å². The number of aliphatic hydroxyl groups excluding tert-OH is 1. The Labute approximate surface area is 272 Å². The summed E-state index contributed by atoms with van der Waals surface area (Å²) in [5.74, 6) is -0.0929. The molecular formula is C34H48ClF2N3O4S. The summed E-state index contributed by atoms with van der Waals surface area (Å²) in [5.41, 5.74) is 0. The van der Waals surface area contributed by atoms with Crippen molar-refractivity contribution >= 4 is 27.5 Å². The Kier molecular flexibility index (Phi) is 14.1. The highest BCUT2D eigenvalue weighted by Crippen LogP contribution is 2.40. The second kappa shape index (κ2) is 17.7. The van der Waals surface area contributed by atoms with E-state index >= 15 is 0 Å². The first-order valence-electron chi connectivity index (χ1n) is 16.5. The summed E-state index contributed by atoms with van der Waals surface area (Å²) >= 11 is 5.74. The van der Waals surface area contributed by atoms with Gasteiger partial charge in [-0.25, -0.2) is 17.2 Å². The van der Waals surface area contributed by atoms with Gasteiger partial charge in [-0.2, -0.15) is 4.31 Å². The molecule has 1 unspecified atom stereocenters. The van der Waals surface area contributed by atoms with Gasteiger partial charge in [0.1, 0.15) is 11.6 Å². The molecule has 2 aromatic rings. The fourth-order valence-corrected chi connectivity index (χ4v) is 8.13. The summed E-state index contributed by atoms with van der Waals surface area (Å²) in [6.45, 7) is 5.78. The largest absolute Gasteiger partial charge is 0.396 e. The third kappa shape index (κ3) is 11.0. The van der Waals surface area contributed by atoms with Crippen molar-refractivity contribution in [2.75, 3.05) is 45.9 Å². The Morgan fingerprint density at radius 1 is 0.822 bits per heavy atom. The molecule has 1 atom stereocenters. The van der Waals surface area contributed by atoms with E-state index in [1.165, 1.54) is 63.4 Å². The number of nitrogens with zero attached hydrogens (tertiary/aromatic N) is 3. The lowest BCUT2D eigenvalue weighted by Crippen LogP contribution is -2.49. The lowest BCUT2D eigenvalue weighted by Gasteiger charge is -2.41. The smallest absolute Gasteiger partial charge is 0.243 e. The molecule has 4 aliphatic rings. The van der Waals surface area contributed by atoms with E-state index in [-0.39, 0.29) is 12.5 Å². The number of likely N-dealkylation sites (tertiary alicyclic amines) is 2. The van der Waals surface area contributed by atoms with Crippen LogP contribution in [0, 0.1) is 23.5 Å². The molecule has 1 aliphatic carbocycles. The number of carbonyl (C=O) groups excluding carboxylic acids is 1. The second-order valence-corrected chi connectivity index (χ2v) is 14.8. The van der Waals surface area contributed by atoms with Crippen molar-refractivity contribution in [2.45, 2.75) is 81.6 Å². The van der Waals surface area contributed by atoms with Crippen LogP contribution in [-0.2, 0) is 14.8 Å². The van der Waals surface area contributed by atoms with Gasteiger partial charge < -0.3 is 14.9 Å². The van der Waals surface area contributed by atoms with Crippen LogP contribution in [0.2, 0.25) is 5.02 Å². The third-order valence-corrected chi connectivity index (χ3v) is 11.3. The average molecular weight is 668 g/mol. The van der Waals surface area contributed by atoms with Gasteiger partial charge in [-0.1, -0.05) is 30.5 Å². The molecule has 2 aromatic carbocycles. The Morgan fingerprint density at radius 2 is 1.38 bits per heavy atom. The number of hydrogen-bond donors (Lipinski definition) is 1. The van der Waals surface area contributed by atoms with E-state index in [0.717, 1.165) is 51.3 Å². The number of piperidine rings is 3. The lowest BCUT2D eigenvalue weighted by molar-refractivity contribution is -0.138. The van der Waals surface area contributed by atoms with Crippen molar-refractivity contribution in [1.29, 1.82) is 0 Å². The zero-order valence-corrected chi connectivity index (χ0v) is 27.7. The third-order valence-electron chi connectivity index (χ3n) is 9.18. The molecule has 1 amide bonds. The molecule has 0 spiro atoms. The Balaban J connectivity index is 0.000000169. The highest BCUT2D eigenvalue weighted by molar-refractivity contribution is 7.89. The maximum atomic E-state index is 12.7. The molecule has 3 saturated heterocycles. The first-order valence-corrected chi connectivity index (χ1v) is 18.3. The molecule has 7 nitrogen and oxygen atoms in total. The van der Waals surface area contributed by atoms with Crippen molar-refractivity contribution in [1.82, 2.24) is 14.1 Å². The molecule has 1 N–H and O–H groups in total. The molecular weight excluding hydrogens is 620 g/mol. The van der Waals surface area contributed by atoms with Crippen molar-refractivity contribution in [2.24, 2.45) is 11.8 Å². The van der Waals surface area contributed by atoms with Crippen molar-refractivity contribution < 1.29 is 27.1 Å². The normalized spacial score (nSPS) is 20.8. The Hall–Kier alpha value is -2.11. The van der Waals surface area contributed by atoms with Gasteiger partial charge in [-0.3, -0.25) is 4.79 Å². The number of aliphatic hydroxyl groups is 1. The highest BCUT2D eigenvalue weighted by atomic mass is 35.5. The van der Waals surface area contributed by atoms with E-state index in [4.69, 9.17) is 11.6 Å². The topological polar surface area (TPSA) is 81.2 Å². The minimum absolute atomic E-state index is 0.0986. The van der Waals surface area contributed by atoms with Gasteiger partial charge >= 0.3 is 0 Å². The monoisotopic (exact) mass is 667 g/mol. The maximum absolute atomic E-state index is 12.7. The molecule has 3 heterocycles. The Bertz CT molecular complexity index is 1280. The summed E-state index contributed by atoms with van der Waals surface area (Å²) in [6, 6.07) is 11.6. The van der Waals surface area contributed by atoms with Crippen LogP contribution < -0.4 is 0 Å². The van der Waals surface area contributed by atoms with Crippen LogP contribution in [0.1, 0.15) is 70.6 Å². The molecule has 1 saturated carbocycles. The van der Waals surface area contributed by atoms with Gasteiger partial charge in [0.15, 0.2) is 0 Å². The van der Waals surface area contributed by atoms with Crippen LogP contribution in [0.25, 0.3) is 0 Å². The van der Waals surface area contributed by atoms with Crippen LogP contribution in [0.15, 0.2) is 53.4 Å². The number of rotatable bonds is 7. The van der Waals surface area contributed by atoms with Crippen LogP contribution in [0.3, 0.4) is 0 Å². The van der Waals surface area contributed by atoms with Gasteiger partial charge in [0.25, 0.3) is 0 Å². The number of hydrogen-bond acceptors (Lipinski definition) is 5. The van der Waals surface area contributed by atoms with E-state index in [1.54, 1.807) is 28.6 Å². The zero-order chi connectivity index (χ0) is 32.2. The quantitative estimate of drug-likeness (QED) is 0.372. The van der Waals surface area contributed by atoms with Gasteiger partial charge in [0.2, 0.25) is 15.9 Å². The number of sulfonamides is 1. The molecule has 3 aliphatic heterocycles. The summed E-state index contributed by atoms with van der Waals surface area (Å²) in [5, 5.41) is 9.75. The van der Waals surface area contributed by atoms with E-state index in [2.05, 4.69) is 9.80 Å². The van der Waals surface area contributed by atoms with Gasteiger partial charge in [0.05, 0.1) is 4.90 Å². The fourth-order valence-electron chi connectivity index (χ4n) is 6.49. The minimum atomic E-state index is -3.30. The lowest BCUT2D eigenvalue weighted by atomic mass is 9.95. The maximum Gasteiger partial charge on any atom is 0.243 e. The standard InChI is InChI=1S/C17H30N2O2.C11H14ClNO2S.C6H4F2/c20-13-8-16(14-4-5-14)17(21)19-11-6-15(7-12-19)18-9-2-1-3-10-18;12-10-4-6-11(7-5-10)16(14,15)13-8-2-1-3-9-13;7-5-2-1-3-6(8)4-5/h14-16,20H,1-13H2;4-7H,1-3,8-9H2;1-4H. The summed E-state index contributed by atoms with van der Waals surface area (Å²) in [6.07, 6.45) is 12.4. The van der Waals surface area contributed by atoms with E-state index in [1.807, 2.05) is 0 Å². The van der Waals surface area contributed by atoms with E-state index in [0.29, 0.717) is 47.3 Å². The number of benzene rings is 2.